The van der Waals surface area contributed by atoms with Crippen LogP contribution in [-0.2, 0) is 13.6 Å². The molecule has 0 saturated heterocycles. The lowest BCUT2D eigenvalue weighted by atomic mass is 10.1. The van der Waals surface area contributed by atoms with E-state index in [1.165, 1.54) is 0 Å². The number of nitrogens with zero attached hydrogens (tertiary/aromatic N) is 4. The topological polar surface area (TPSA) is 72.3 Å². The van der Waals surface area contributed by atoms with Crippen LogP contribution in [0.15, 0.2) is 36.7 Å². The Kier molecular flexibility index (Phi) is 4.24. The Hall–Kier alpha value is -3.06. The molecule has 2 aromatic carbocycles. The first-order valence-electron chi connectivity index (χ1n) is 8.36. The highest BCUT2D eigenvalue weighted by atomic mass is 35.5. The molecule has 0 spiro atoms. The Balaban J connectivity index is 1.80. The first kappa shape index (κ1) is 17.4. The lowest BCUT2D eigenvalue weighted by Gasteiger charge is -2.16. The molecule has 1 aliphatic rings. The SMILES string of the molecule is COc1c(Nc2cc(Cl)cc3c2C(=O)N(C)C3)cccc1-c1ncn(C)n1. The summed E-state index contributed by atoms with van der Waals surface area (Å²) in [4.78, 5) is 18.5. The number of aryl methyl sites for hydroxylation is 1. The van der Waals surface area contributed by atoms with Crippen LogP contribution in [0.4, 0.5) is 11.4 Å². The zero-order chi connectivity index (χ0) is 19.1. The quantitative estimate of drug-likeness (QED) is 0.746. The summed E-state index contributed by atoms with van der Waals surface area (Å²) in [5, 5.41) is 8.23. The number of carbonyl (C=O) groups excluding carboxylic acids is 1. The van der Waals surface area contributed by atoms with E-state index < -0.39 is 0 Å². The van der Waals surface area contributed by atoms with Crippen LogP contribution in [0.3, 0.4) is 0 Å². The molecule has 0 saturated carbocycles. The van der Waals surface area contributed by atoms with Gasteiger partial charge in [-0.3, -0.25) is 9.48 Å². The van der Waals surface area contributed by atoms with Crippen LogP contribution in [-0.4, -0.2) is 39.7 Å². The number of para-hydroxylation sites is 1. The highest BCUT2D eigenvalue weighted by Crippen LogP contribution is 2.39. The van der Waals surface area contributed by atoms with Gasteiger partial charge in [0.15, 0.2) is 11.6 Å². The van der Waals surface area contributed by atoms with Crippen LogP contribution in [0.2, 0.25) is 5.02 Å². The molecule has 7 nitrogen and oxygen atoms in total. The fourth-order valence-corrected chi connectivity index (χ4v) is 3.54. The van der Waals surface area contributed by atoms with Gasteiger partial charge < -0.3 is 15.0 Å². The average molecular weight is 384 g/mol. The summed E-state index contributed by atoms with van der Waals surface area (Å²) in [6, 6.07) is 9.23. The standard InChI is InChI=1S/C19H18ClN5O2/c1-24-9-11-7-12(20)8-15(16(11)19(24)26)22-14-6-4-5-13(17(14)27-3)18-21-10-25(2)23-18/h4-8,10,22H,9H2,1-3H3. The van der Waals surface area contributed by atoms with Gasteiger partial charge in [-0.15, -0.1) is 0 Å². The highest BCUT2D eigenvalue weighted by Gasteiger charge is 2.28. The molecule has 0 unspecified atom stereocenters. The zero-order valence-electron chi connectivity index (χ0n) is 15.2. The minimum Gasteiger partial charge on any atom is -0.494 e. The minimum atomic E-state index is -0.0364. The zero-order valence-corrected chi connectivity index (χ0v) is 15.9. The second-order valence-electron chi connectivity index (χ2n) is 6.40. The number of halogens is 1. The van der Waals surface area contributed by atoms with Gasteiger partial charge >= 0.3 is 0 Å². The Labute approximate surface area is 161 Å². The number of ether oxygens (including phenoxy) is 1. The Morgan fingerprint density at radius 1 is 1.22 bits per heavy atom. The predicted octanol–water partition coefficient (Wildman–Crippen LogP) is 3.47. The number of hydrogen-bond donors (Lipinski definition) is 1. The van der Waals surface area contributed by atoms with Crippen molar-refractivity contribution in [2.24, 2.45) is 7.05 Å². The van der Waals surface area contributed by atoms with Crippen molar-refractivity contribution in [2.45, 2.75) is 6.54 Å². The second-order valence-corrected chi connectivity index (χ2v) is 6.84. The normalized spacial score (nSPS) is 13.0. The molecule has 27 heavy (non-hydrogen) atoms. The maximum absolute atomic E-state index is 12.6. The summed E-state index contributed by atoms with van der Waals surface area (Å²) in [6.07, 6.45) is 1.63. The van der Waals surface area contributed by atoms with Gasteiger partial charge in [0.25, 0.3) is 5.91 Å². The number of methoxy groups -OCH3 is 1. The van der Waals surface area contributed by atoms with Crippen molar-refractivity contribution < 1.29 is 9.53 Å². The number of benzene rings is 2. The van der Waals surface area contributed by atoms with Crippen LogP contribution in [0, 0.1) is 0 Å². The van der Waals surface area contributed by atoms with E-state index in [4.69, 9.17) is 16.3 Å². The third-order valence-corrected chi connectivity index (χ3v) is 4.70. The van der Waals surface area contributed by atoms with E-state index in [1.807, 2.05) is 31.3 Å². The van der Waals surface area contributed by atoms with E-state index >= 15 is 0 Å². The summed E-state index contributed by atoms with van der Waals surface area (Å²) in [5.41, 5.74) is 3.64. The molecule has 2 heterocycles. The molecule has 0 atom stereocenters. The van der Waals surface area contributed by atoms with Crippen LogP contribution < -0.4 is 10.1 Å². The monoisotopic (exact) mass is 383 g/mol. The minimum absolute atomic E-state index is 0.0364. The van der Waals surface area contributed by atoms with E-state index in [0.29, 0.717) is 40.1 Å². The van der Waals surface area contributed by atoms with Gasteiger partial charge in [-0.2, -0.15) is 5.10 Å². The second kappa shape index (κ2) is 6.59. The number of fused-ring (bicyclic) bond motifs is 1. The number of rotatable bonds is 4. The van der Waals surface area contributed by atoms with Crippen molar-refractivity contribution in [1.29, 1.82) is 0 Å². The maximum Gasteiger partial charge on any atom is 0.256 e. The van der Waals surface area contributed by atoms with Gasteiger partial charge in [-0.05, 0) is 29.8 Å². The smallest absolute Gasteiger partial charge is 0.256 e. The maximum atomic E-state index is 12.6. The average Bonchev–Trinajstić information content (AvgIpc) is 3.18. The number of hydrogen-bond acceptors (Lipinski definition) is 5. The molecule has 8 heteroatoms. The van der Waals surface area contributed by atoms with E-state index in [1.54, 1.807) is 36.1 Å². The fraction of sp³-hybridized carbons (Fsp3) is 0.211. The van der Waals surface area contributed by atoms with E-state index in [2.05, 4.69) is 15.4 Å². The Morgan fingerprint density at radius 2 is 2.04 bits per heavy atom. The fourth-order valence-electron chi connectivity index (χ4n) is 3.30. The summed E-state index contributed by atoms with van der Waals surface area (Å²) in [7, 11) is 5.17. The van der Waals surface area contributed by atoms with Gasteiger partial charge in [0.2, 0.25) is 0 Å². The van der Waals surface area contributed by atoms with Crippen molar-refractivity contribution in [3.8, 4) is 17.1 Å². The Morgan fingerprint density at radius 3 is 2.74 bits per heavy atom. The molecule has 0 fully saturated rings. The predicted molar refractivity (Wildman–Crippen MR) is 104 cm³/mol. The van der Waals surface area contributed by atoms with Crippen LogP contribution in [0.5, 0.6) is 5.75 Å². The van der Waals surface area contributed by atoms with Gasteiger partial charge in [0, 0.05) is 25.7 Å². The molecule has 4 rings (SSSR count). The third-order valence-electron chi connectivity index (χ3n) is 4.48. The number of anilines is 2. The van der Waals surface area contributed by atoms with Crippen molar-refractivity contribution in [2.75, 3.05) is 19.5 Å². The van der Waals surface area contributed by atoms with Crippen molar-refractivity contribution in [3.63, 3.8) is 0 Å². The molecule has 3 aromatic rings. The lowest BCUT2D eigenvalue weighted by Crippen LogP contribution is -2.18. The summed E-state index contributed by atoms with van der Waals surface area (Å²) in [6.45, 7) is 0.540. The van der Waals surface area contributed by atoms with Crippen molar-refractivity contribution >= 4 is 28.9 Å². The number of aromatic nitrogens is 3. The van der Waals surface area contributed by atoms with E-state index in [0.717, 1.165) is 11.1 Å². The first-order chi connectivity index (χ1) is 13.0. The number of amides is 1. The van der Waals surface area contributed by atoms with Crippen molar-refractivity contribution in [3.05, 3.63) is 52.8 Å². The van der Waals surface area contributed by atoms with Gasteiger partial charge in [0.05, 0.1) is 29.6 Å². The molecular formula is C19H18ClN5O2. The molecular weight excluding hydrogens is 366 g/mol. The van der Waals surface area contributed by atoms with Crippen LogP contribution in [0.25, 0.3) is 11.4 Å². The molecule has 0 aliphatic carbocycles. The van der Waals surface area contributed by atoms with Gasteiger partial charge in [0.1, 0.15) is 6.33 Å². The molecule has 1 amide bonds. The summed E-state index contributed by atoms with van der Waals surface area (Å²) in [5.74, 6) is 1.12. The molecule has 1 aliphatic heterocycles. The number of carbonyl (C=O) groups is 1. The first-order valence-corrected chi connectivity index (χ1v) is 8.73. The lowest BCUT2D eigenvalue weighted by molar-refractivity contribution is 0.0817. The van der Waals surface area contributed by atoms with Crippen LogP contribution >= 0.6 is 11.6 Å². The van der Waals surface area contributed by atoms with Gasteiger partial charge in [-0.25, -0.2) is 4.98 Å². The molecule has 1 aromatic heterocycles. The van der Waals surface area contributed by atoms with Gasteiger partial charge in [-0.1, -0.05) is 17.7 Å². The number of nitrogens with one attached hydrogen (secondary N) is 1. The van der Waals surface area contributed by atoms with Crippen molar-refractivity contribution in [1.82, 2.24) is 19.7 Å². The molecule has 0 radical (unpaired) electrons. The molecule has 138 valence electrons. The molecule has 1 N–H and O–H groups in total. The van der Waals surface area contributed by atoms with E-state index in [9.17, 15) is 4.79 Å². The Bertz CT molecular complexity index is 1050. The molecule has 0 bridgehead atoms. The van der Waals surface area contributed by atoms with Crippen LogP contribution in [0.1, 0.15) is 15.9 Å². The third kappa shape index (κ3) is 3.00. The largest absolute Gasteiger partial charge is 0.494 e. The summed E-state index contributed by atoms with van der Waals surface area (Å²) >= 11 is 6.27. The highest BCUT2D eigenvalue weighted by molar-refractivity contribution is 6.31. The summed E-state index contributed by atoms with van der Waals surface area (Å²) < 4.78 is 7.26. The van der Waals surface area contributed by atoms with E-state index in [-0.39, 0.29) is 5.91 Å².